The summed E-state index contributed by atoms with van der Waals surface area (Å²) >= 11 is 3.42. The fraction of sp³-hybridized carbons (Fsp3) is 0.600. The van der Waals surface area contributed by atoms with E-state index in [0.29, 0.717) is 22.0 Å². The third kappa shape index (κ3) is 4.28. The largest absolute Gasteiger partial charge is 0.310 e. The minimum Gasteiger partial charge on any atom is -0.310 e. The van der Waals surface area contributed by atoms with Gasteiger partial charge in [-0.25, -0.2) is 13.1 Å². The van der Waals surface area contributed by atoms with Crippen molar-refractivity contribution in [3.05, 3.63) is 27.7 Å². The number of sulfonamides is 1. The molecule has 21 heavy (non-hydrogen) atoms. The van der Waals surface area contributed by atoms with Gasteiger partial charge in [0.1, 0.15) is 0 Å². The number of benzene rings is 1. The normalized spacial score (nSPS) is 16.2. The van der Waals surface area contributed by atoms with Crippen LogP contribution < -0.4 is 10.0 Å². The molecule has 0 saturated heterocycles. The monoisotopic (exact) mass is 374 g/mol. The molecule has 1 saturated carbocycles. The Kier molecular flexibility index (Phi) is 5.46. The molecule has 0 amide bonds. The average molecular weight is 375 g/mol. The summed E-state index contributed by atoms with van der Waals surface area (Å²) in [5.74, 6) is 0. The lowest BCUT2D eigenvalue weighted by molar-refractivity contribution is 0.383. The molecule has 2 N–H and O–H groups in total. The number of hydrogen-bond acceptors (Lipinski definition) is 3. The lowest BCUT2D eigenvalue weighted by atomic mass is 9.94. The highest BCUT2D eigenvalue weighted by Gasteiger charge is 2.27. The Morgan fingerprint density at radius 3 is 2.52 bits per heavy atom. The molecule has 4 nitrogen and oxygen atoms in total. The van der Waals surface area contributed by atoms with Crippen molar-refractivity contribution in [2.24, 2.45) is 0 Å². The number of aryl methyl sites for hydroxylation is 1. The topological polar surface area (TPSA) is 58.2 Å². The second-order valence-corrected chi connectivity index (χ2v) is 8.48. The summed E-state index contributed by atoms with van der Waals surface area (Å²) in [6.45, 7) is 6.73. The van der Waals surface area contributed by atoms with E-state index in [-0.39, 0.29) is 6.04 Å². The van der Waals surface area contributed by atoms with Gasteiger partial charge in [-0.2, -0.15) is 0 Å². The quantitative estimate of drug-likeness (QED) is 0.804. The van der Waals surface area contributed by atoms with Crippen LogP contribution in [-0.4, -0.2) is 20.5 Å². The third-order valence-corrected chi connectivity index (χ3v) is 6.57. The van der Waals surface area contributed by atoms with Crippen molar-refractivity contribution in [3.8, 4) is 0 Å². The number of hydrogen-bond donors (Lipinski definition) is 2. The summed E-state index contributed by atoms with van der Waals surface area (Å²) in [6, 6.07) is 4.23. The molecule has 0 aliphatic heterocycles. The van der Waals surface area contributed by atoms with Crippen molar-refractivity contribution in [3.63, 3.8) is 0 Å². The van der Waals surface area contributed by atoms with Crippen LogP contribution in [0.5, 0.6) is 0 Å². The number of nitrogens with one attached hydrogen (secondary N) is 2. The first-order valence-corrected chi connectivity index (χ1v) is 9.62. The van der Waals surface area contributed by atoms with Crippen LogP contribution in [0.15, 0.2) is 21.5 Å². The average Bonchev–Trinajstić information content (AvgIpc) is 2.35. The van der Waals surface area contributed by atoms with Gasteiger partial charge in [0.25, 0.3) is 0 Å². The summed E-state index contributed by atoms with van der Waals surface area (Å²) in [7, 11) is -3.46. The van der Waals surface area contributed by atoms with Gasteiger partial charge in [0.2, 0.25) is 10.0 Å². The molecule has 0 heterocycles. The maximum atomic E-state index is 12.5. The number of rotatable bonds is 6. The smallest absolute Gasteiger partial charge is 0.241 e. The van der Waals surface area contributed by atoms with Crippen LogP contribution in [0.25, 0.3) is 0 Å². The van der Waals surface area contributed by atoms with Gasteiger partial charge in [0.15, 0.2) is 0 Å². The Morgan fingerprint density at radius 2 is 2.00 bits per heavy atom. The van der Waals surface area contributed by atoms with Gasteiger partial charge < -0.3 is 5.32 Å². The van der Waals surface area contributed by atoms with Gasteiger partial charge in [0, 0.05) is 23.1 Å². The molecule has 1 aromatic carbocycles. The lowest BCUT2D eigenvalue weighted by Gasteiger charge is -2.26. The Bertz CT molecular complexity index is 610. The van der Waals surface area contributed by atoms with Crippen LogP contribution in [0.4, 0.5) is 0 Å². The fourth-order valence-electron chi connectivity index (χ4n) is 2.24. The Morgan fingerprint density at radius 1 is 1.33 bits per heavy atom. The zero-order valence-corrected chi connectivity index (χ0v) is 15.1. The second-order valence-electron chi connectivity index (χ2n) is 6.01. The van der Waals surface area contributed by atoms with E-state index in [4.69, 9.17) is 0 Å². The molecular formula is C15H23BrN2O2S. The van der Waals surface area contributed by atoms with E-state index < -0.39 is 10.0 Å². The minimum atomic E-state index is -3.46. The molecular weight excluding hydrogens is 352 g/mol. The Labute approximate surface area is 135 Å². The SMILES string of the molecule is Cc1cc(CNC(C)C)cc(S(=O)(=O)NC2CCC2)c1Br. The molecule has 0 radical (unpaired) electrons. The highest BCUT2D eigenvalue weighted by Crippen LogP contribution is 2.29. The molecule has 118 valence electrons. The molecule has 1 fully saturated rings. The van der Waals surface area contributed by atoms with Gasteiger partial charge in [-0.05, 0) is 52.9 Å². The predicted molar refractivity (Wildman–Crippen MR) is 88.8 cm³/mol. The second kappa shape index (κ2) is 6.77. The molecule has 0 aromatic heterocycles. The van der Waals surface area contributed by atoms with E-state index in [9.17, 15) is 8.42 Å². The maximum Gasteiger partial charge on any atom is 0.241 e. The molecule has 1 aromatic rings. The van der Waals surface area contributed by atoms with Gasteiger partial charge in [-0.1, -0.05) is 26.3 Å². The van der Waals surface area contributed by atoms with Crippen molar-refractivity contribution >= 4 is 26.0 Å². The van der Waals surface area contributed by atoms with Gasteiger partial charge in [-0.15, -0.1) is 0 Å². The van der Waals surface area contributed by atoms with E-state index >= 15 is 0 Å². The summed E-state index contributed by atoms with van der Waals surface area (Å²) in [5, 5.41) is 3.32. The van der Waals surface area contributed by atoms with Gasteiger partial charge >= 0.3 is 0 Å². The molecule has 0 atom stereocenters. The standard InChI is InChI=1S/C15H23BrN2O2S/c1-10(2)17-9-12-7-11(3)15(16)14(8-12)21(19,20)18-13-5-4-6-13/h7-8,10,13,17-18H,4-6,9H2,1-3H3. The molecule has 0 bridgehead atoms. The first-order chi connectivity index (χ1) is 9.79. The summed E-state index contributed by atoms with van der Waals surface area (Å²) < 4.78 is 28.5. The van der Waals surface area contributed by atoms with Crippen LogP contribution in [0.2, 0.25) is 0 Å². The molecule has 1 aliphatic carbocycles. The van der Waals surface area contributed by atoms with Gasteiger partial charge in [0.05, 0.1) is 4.90 Å². The molecule has 1 aliphatic rings. The van der Waals surface area contributed by atoms with E-state index in [1.165, 1.54) is 0 Å². The fourth-order valence-corrected chi connectivity index (χ4v) is 4.61. The van der Waals surface area contributed by atoms with E-state index in [1.807, 2.05) is 13.0 Å². The lowest BCUT2D eigenvalue weighted by Crippen LogP contribution is -2.39. The van der Waals surface area contributed by atoms with Crippen molar-refractivity contribution in [2.45, 2.75) is 63.6 Å². The Hall–Kier alpha value is -0.430. The van der Waals surface area contributed by atoms with Crippen molar-refractivity contribution in [1.29, 1.82) is 0 Å². The first-order valence-electron chi connectivity index (χ1n) is 7.34. The zero-order chi connectivity index (χ0) is 15.6. The third-order valence-electron chi connectivity index (χ3n) is 3.71. The minimum absolute atomic E-state index is 0.0969. The first kappa shape index (κ1) is 16.9. The van der Waals surface area contributed by atoms with Crippen molar-refractivity contribution < 1.29 is 8.42 Å². The van der Waals surface area contributed by atoms with Crippen molar-refractivity contribution in [2.75, 3.05) is 0 Å². The van der Waals surface area contributed by atoms with E-state index in [2.05, 4.69) is 39.8 Å². The van der Waals surface area contributed by atoms with Crippen molar-refractivity contribution in [1.82, 2.24) is 10.0 Å². The van der Waals surface area contributed by atoms with Crippen LogP contribution in [0, 0.1) is 6.92 Å². The summed E-state index contributed by atoms with van der Waals surface area (Å²) in [4.78, 5) is 0.343. The van der Waals surface area contributed by atoms with Crippen LogP contribution in [0.3, 0.4) is 0 Å². The molecule has 2 rings (SSSR count). The zero-order valence-electron chi connectivity index (χ0n) is 12.7. The summed E-state index contributed by atoms with van der Waals surface area (Å²) in [5.41, 5.74) is 1.92. The predicted octanol–water partition coefficient (Wildman–Crippen LogP) is 3.09. The molecule has 0 unspecified atom stereocenters. The maximum absolute atomic E-state index is 12.5. The number of halogens is 1. The van der Waals surface area contributed by atoms with Crippen LogP contribution in [0.1, 0.15) is 44.2 Å². The molecule has 0 spiro atoms. The van der Waals surface area contributed by atoms with E-state index in [0.717, 1.165) is 30.4 Å². The highest BCUT2D eigenvalue weighted by atomic mass is 79.9. The van der Waals surface area contributed by atoms with Crippen LogP contribution in [-0.2, 0) is 16.6 Å². The molecule has 6 heteroatoms. The highest BCUT2D eigenvalue weighted by molar-refractivity contribution is 9.10. The van der Waals surface area contributed by atoms with Crippen LogP contribution >= 0.6 is 15.9 Å². The van der Waals surface area contributed by atoms with Gasteiger partial charge in [-0.3, -0.25) is 0 Å². The Balaban J connectivity index is 2.28. The summed E-state index contributed by atoms with van der Waals surface area (Å²) in [6.07, 6.45) is 2.97. The van der Waals surface area contributed by atoms with E-state index in [1.54, 1.807) is 6.07 Å².